The van der Waals surface area contributed by atoms with E-state index in [-0.39, 0.29) is 5.56 Å². The van der Waals surface area contributed by atoms with Gasteiger partial charge in [-0.05, 0) is 70.2 Å². The average Bonchev–Trinajstić information content (AvgIpc) is 3.52. The Labute approximate surface area is 217 Å². The molecule has 0 radical (unpaired) electrons. The average molecular weight is 550 g/mol. The van der Waals surface area contributed by atoms with Gasteiger partial charge in [0.15, 0.2) is 0 Å². The predicted molar refractivity (Wildman–Crippen MR) is 145 cm³/mol. The van der Waals surface area contributed by atoms with Crippen molar-refractivity contribution in [1.82, 2.24) is 15.0 Å². The lowest BCUT2D eigenvalue weighted by Crippen LogP contribution is -2.36. The first-order valence-corrected chi connectivity index (χ1v) is 13.1. The number of rotatable bonds is 6. The molecular weight excluding hydrogens is 522 g/mol. The van der Waals surface area contributed by atoms with E-state index in [0.717, 1.165) is 83.9 Å². The molecule has 2 aromatic carbocycles. The molecule has 0 saturated carbocycles. The normalized spacial score (nSPS) is 15.2. The lowest BCUT2D eigenvalue weighted by Gasteiger charge is -2.29. The van der Waals surface area contributed by atoms with Crippen molar-refractivity contribution in [1.29, 1.82) is 0 Å². The fraction of sp³-hybridized carbons (Fsp3) is 0.333. The maximum atomic E-state index is 12.9. The van der Waals surface area contributed by atoms with Crippen molar-refractivity contribution in [3.8, 4) is 17.1 Å². The van der Waals surface area contributed by atoms with Gasteiger partial charge in [0.1, 0.15) is 17.1 Å². The number of benzene rings is 2. The number of fused-ring (bicyclic) bond motifs is 2. The van der Waals surface area contributed by atoms with Crippen molar-refractivity contribution in [2.75, 3.05) is 49.7 Å². The molecule has 0 bridgehead atoms. The Morgan fingerprint density at radius 2 is 2.03 bits per heavy atom. The van der Waals surface area contributed by atoms with Gasteiger partial charge in [0.05, 0.1) is 41.0 Å². The quantitative estimate of drug-likeness (QED) is 0.329. The van der Waals surface area contributed by atoms with Gasteiger partial charge in [0.2, 0.25) is 0 Å². The fourth-order valence-electron chi connectivity index (χ4n) is 5.06. The number of imidazole rings is 1. The number of pyridine rings is 1. The number of aromatic amines is 2. The third kappa shape index (κ3) is 4.37. The van der Waals surface area contributed by atoms with E-state index in [4.69, 9.17) is 14.5 Å². The molecule has 1 saturated heterocycles. The number of H-pyrrole nitrogens is 2. The van der Waals surface area contributed by atoms with Crippen LogP contribution in [0.2, 0.25) is 0 Å². The van der Waals surface area contributed by atoms with E-state index in [2.05, 4.69) is 67.3 Å². The topological polar surface area (TPSA) is 95.3 Å². The van der Waals surface area contributed by atoms with Gasteiger partial charge >= 0.3 is 0 Å². The number of aromatic nitrogens is 3. The van der Waals surface area contributed by atoms with Crippen LogP contribution in [0, 0.1) is 6.92 Å². The minimum atomic E-state index is -0.178. The monoisotopic (exact) mass is 549 g/mol. The van der Waals surface area contributed by atoms with E-state index in [1.165, 1.54) is 11.1 Å². The largest absolute Gasteiger partial charge is 0.492 e. The molecule has 8 nitrogen and oxygen atoms in total. The highest BCUT2D eigenvalue weighted by Gasteiger charge is 2.19. The molecule has 1 fully saturated rings. The number of hydrogen-bond acceptors (Lipinski definition) is 6. The molecule has 3 N–H and O–H groups in total. The van der Waals surface area contributed by atoms with Gasteiger partial charge in [-0.3, -0.25) is 4.79 Å². The smallest absolute Gasteiger partial charge is 0.261 e. The van der Waals surface area contributed by atoms with E-state index in [1.807, 2.05) is 6.07 Å². The number of aryl methyl sites for hydroxylation is 1. The number of morpholine rings is 1. The van der Waals surface area contributed by atoms with E-state index in [1.54, 1.807) is 6.20 Å². The SMILES string of the molecule is Cc1cc(N2CCOCC2)cc2[nH]c(-c3c(NCCc4cc(Br)c5c(c4)CCO5)cc[nH]c3=O)nc12. The molecule has 9 heteroatoms. The molecule has 0 aliphatic carbocycles. The van der Waals surface area contributed by atoms with Crippen LogP contribution >= 0.6 is 15.9 Å². The molecule has 0 atom stereocenters. The third-order valence-corrected chi connectivity index (χ3v) is 7.45. The Morgan fingerprint density at radius 3 is 2.89 bits per heavy atom. The van der Waals surface area contributed by atoms with Crippen molar-refractivity contribution in [3.05, 3.63) is 68.0 Å². The second-order valence-electron chi connectivity index (χ2n) is 9.28. The van der Waals surface area contributed by atoms with E-state index in [0.29, 0.717) is 17.9 Å². The number of ether oxygens (including phenoxy) is 2. The van der Waals surface area contributed by atoms with Gasteiger partial charge in [0, 0.05) is 37.9 Å². The number of anilines is 2. The third-order valence-electron chi connectivity index (χ3n) is 6.86. The van der Waals surface area contributed by atoms with Crippen LogP contribution in [0.25, 0.3) is 22.4 Å². The van der Waals surface area contributed by atoms with Crippen molar-refractivity contribution >= 4 is 38.3 Å². The lowest BCUT2D eigenvalue weighted by molar-refractivity contribution is 0.122. The van der Waals surface area contributed by atoms with Crippen LogP contribution < -0.4 is 20.5 Å². The van der Waals surface area contributed by atoms with Crippen LogP contribution in [0.15, 0.2) is 45.8 Å². The molecule has 2 aliphatic rings. The molecule has 36 heavy (non-hydrogen) atoms. The standard InChI is InChI=1S/C27H28BrN5O3/c1-16-12-19(33-7-10-35-11-8-33)15-22-24(16)32-26(31-22)23-21(3-6-30-27(23)34)29-5-2-17-13-18-4-9-36-25(18)20(28)14-17/h3,6,12-15H,2,4-5,7-11H2,1H3,(H,31,32)(H2,29,30,34). The van der Waals surface area contributed by atoms with Gasteiger partial charge in [-0.2, -0.15) is 0 Å². The number of hydrogen-bond donors (Lipinski definition) is 3. The molecule has 0 unspecified atom stereocenters. The van der Waals surface area contributed by atoms with Crippen LogP contribution in [0.3, 0.4) is 0 Å². The Balaban J connectivity index is 1.26. The summed E-state index contributed by atoms with van der Waals surface area (Å²) in [6.07, 6.45) is 3.42. The van der Waals surface area contributed by atoms with Crippen LogP contribution in [0.4, 0.5) is 11.4 Å². The Bertz CT molecular complexity index is 1490. The first kappa shape index (κ1) is 23.1. The van der Waals surface area contributed by atoms with E-state index >= 15 is 0 Å². The molecule has 186 valence electrons. The minimum Gasteiger partial charge on any atom is -0.492 e. The highest BCUT2D eigenvalue weighted by molar-refractivity contribution is 9.10. The summed E-state index contributed by atoms with van der Waals surface area (Å²) in [6.45, 7) is 6.68. The molecule has 0 amide bonds. The summed E-state index contributed by atoms with van der Waals surface area (Å²) >= 11 is 3.63. The van der Waals surface area contributed by atoms with Gasteiger partial charge in [-0.1, -0.05) is 6.07 Å². The Hall–Kier alpha value is -3.30. The zero-order valence-corrected chi connectivity index (χ0v) is 21.7. The Kier molecular flexibility index (Phi) is 6.18. The van der Waals surface area contributed by atoms with Gasteiger partial charge in [-0.15, -0.1) is 0 Å². The zero-order valence-electron chi connectivity index (χ0n) is 20.1. The second-order valence-corrected chi connectivity index (χ2v) is 10.1. The molecule has 2 aliphatic heterocycles. The summed E-state index contributed by atoms with van der Waals surface area (Å²) in [6, 6.07) is 10.5. The van der Waals surface area contributed by atoms with Crippen molar-refractivity contribution in [2.24, 2.45) is 0 Å². The van der Waals surface area contributed by atoms with Crippen LogP contribution in [-0.2, 0) is 17.6 Å². The van der Waals surface area contributed by atoms with Crippen molar-refractivity contribution in [3.63, 3.8) is 0 Å². The summed E-state index contributed by atoms with van der Waals surface area (Å²) in [5.74, 6) is 1.52. The first-order valence-electron chi connectivity index (χ1n) is 12.3. The van der Waals surface area contributed by atoms with E-state index in [9.17, 15) is 4.79 Å². The van der Waals surface area contributed by atoms with Crippen molar-refractivity contribution < 1.29 is 9.47 Å². The molecule has 0 spiro atoms. The van der Waals surface area contributed by atoms with Gasteiger partial charge in [-0.25, -0.2) is 4.98 Å². The summed E-state index contributed by atoms with van der Waals surface area (Å²) in [4.78, 5) is 26.3. The summed E-state index contributed by atoms with van der Waals surface area (Å²) < 4.78 is 12.2. The number of halogens is 1. The number of nitrogens with one attached hydrogen (secondary N) is 3. The fourth-order valence-corrected chi connectivity index (χ4v) is 5.73. The van der Waals surface area contributed by atoms with E-state index < -0.39 is 0 Å². The maximum absolute atomic E-state index is 12.9. The number of nitrogens with zero attached hydrogens (tertiary/aromatic N) is 2. The Morgan fingerprint density at radius 1 is 1.17 bits per heavy atom. The zero-order chi connectivity index (χ0) is 24.6. The molecule has 4 aromatic rings. The van der Waals surface area contributed by atoms with Crippen LogP contribution in [0.5, 0.6) is 5.75 Å². The minimum absolute atomic E-state index is 0.178. The molecule has 6 rings (SSSR count). The van der Waals surface area contributed by atoms with Crippen molar-refractivity contribution in [2.45, 2.75) is 19.8 Å². The van der Waals surface area contributed by atoms with Crippen LogP contribution in [-0.4, -0.2) is 54.4 Å². The molecular formula is C27H28BrN5O3. The molecule has 2 aromatic heterocycles. The van der Waals surface area contributed by atoms with Gasteiger partial charge in [0.25, 0.3) is 5.56 Å². The summed E-state index contributed by atoms with van der Waals surface area (Å²) in [5.41, 5.74) is 7.58. The highest BCUT2D eigenvalue weighted by atomic mass is 79.9. The second kappa shape index (κ2) is 9.63. The highest BCUT2D eigenvalue weighted by Crippen LogP contribution is 2.35. The summed E-state index contributed by atoms with van der Waals surface area (Å²) in [7, 11) is 0. The molecule has 4 heterocycles. The first-order chi connectivity index (χ1) is 17.6. The lowest BCUT2D eigenvalue weighted by atomic mass is 10.1. The summed E-state index contributed by atoms with van der Waals surface area (Å²) in [5, 5.41) is 3.46. The predicted octanol–water partition coefficient (Wildman–Crippen LogP) is 4.42. The van der Waals surface area contributed by atoms with Gasteiger partial charge < -0.3 is 29.7 Å². The van der Waals surface area contributed by atoms with Crippen LogP contribution in [0.1, 0.15) is 16.7 Å². The maximum Gasteiger partial charge on any atom is 0.261 e.